The molecule has 0 aromatic heterocycles. The van der Waals surface area contributed by atoms with Crippen LogP contribution in [0.1, 0.15) is 18.9 Å². The molecule has 1 heteroatoms. The Hall–Kier alpha value is -0.980. The zero-order valence-electron chi connectivity index (χ0n) is 5.98. The molecule has 0 N–H and O–H groups in total. The molecule has 0 saturated heterocycles. The van der Waals surface area contributed by atoms with Crippen molar-refractivity contribution in [2.24, 2.45) is 0 Å². The Labute approximate surface area is 60.6 Å². The first-order valence-corrected chi connectivity index (χ1v) is 3.63. The molecule has 0 fully saturated rings. The quantitative estimate of drug-likeness (QED) is 0.573. The maximum Gasteiger partial charge on any atom is 0.178 e. The van der Waals surface area contributed by atoms with E-state index in [9.17, 15) is 0 Å². The number of fused-ring (bicyclic) bond motifs is 1. The summed E-state index contributed by atoms with van der Waals surface area (Å²) in [5, 5.41) is 0. The second kappa shape index (κ2) is 2.01. The van der Waals surface area contributed by atoms with E-state index in [2.05, 4.69) is 19.1 Å². The standard InChI is InChI=1S/C9H9O/c1-2-4-7-5-3-6-8-9(7)10-8/h3,5H,2,4H2,1H3. The monoisotopic (exact) mass is 133 g/mol. The Kier molecular flexibility index (Phi) is 1.16. The number of rotatable bonds is 2. The van der Waals surface area contributed by atoms with E-state index in [1.807, 2.05) is 6.07 Å². The maximum absolute atomic E-state index is 5.17. The van der Waals surface area contributed by atoms with Gasteiger partial charge in [-0.05, 0) is 18.1 Å². The van der Waals surface area contributed by atoms with Crippen molar-refractivity contribution in [2.45, 2.75) is 19.8 Å². The Morgan fingerprint density at radius 2 is 2.50 bits per heavy atom. The van der Waals surface area contributed by atoms with E-state index in [0.717, 1.165) is 17.9 Å². The van der Waals surface area contributed by atoms with Gasteiger partial charge in [0.1, 0.15) is 0 Å². The van der Waals surface area contributed by atoms with Gasteiger partial charge in [-0.15, -0.1) is 0 Å². The highest BCUT2D eigenvalue weighted by atomic mass is 16.6. The summed E-state index contributed by atoms with van der Waals surface area (Å²) in [6.07, 6.45) is 2.30. The van der Waals surface area contributed by atoms with Crippen molar-refractivity contribution in [3.05, 3.63) is 23.8 Å². The molecule has 0 amide bonds. The lowest BCUT2D eigenvalue weighted by Crippen LogP contribution is -1.76. The molecule has 0 unspecified atom stereocenters. The Bertz CT molecular complexity index is 253. The van der Waals surface area contributed by atoms with Gasteiger partial charge in [-0.1, -0.05) is 19.4 Å². The minimum absolute atomic E-state index is 0.950. The number of benzene rings is 1. The molecule has 1 aliphatic rings. The van der Waals surface area contributed by atoms with Crippen LogP contribution in [0, 0.1) is 6.07 Å². The predicted molar refractivity (Wildman–Crippen MR) is 39.3 cm³/mol. The third-order valence-electron chi connectivity index (χ3n) is 1.68. The molecule has 1 aromatic rings. The third kappa shape index (κ3) is 0.783. The van der Waals surface area contributed by atoms with Crippen LogP contribution in [0.3, 0.4) is 0 Å². The van der Waals surface area contributed by atoms with Crippen molar-refractivity contribution in [1.82, 2.24) is 0 Å². The summed E-state index contributed by atoms with van der Waals surface area (Å²) in [4.78, 5) is 0. The fraction of sp³-hybridized carbons (Fsp3) is 0.333. The maximum atomic E-state index is 5.17. The smallest absolute Gasteiger partial charge is 0.178 e. The van der Waals surface area contributed by atoms with Crippen LogP contribution >= 0.6 is 0 Å². The van der Waals surface area contributed by atoms with Gasteiger partial charge < -0.3 is 4.74 Å². The zero-order valence-corrected chi connectivity index (χ0v) is 5.98. The normalized spacial score (nSPS) is 12.1. The fourth-order valence-corrected chi connectivity index (χ4v) is 1.14. The molecule has 10 heavy (non-hydrogen) atoms. The molecule has 0 bridgehead atoms. The SMILES string of the molecule is CCCc1cc[c]c2c1O2. The van der Waals surface area contributed by atoms with Crippen molar-refractivity contribution < 1.29 is 4.74 Å². The summed E-state index contributed by atoms with van der Waals surface area (Å²) in [6.45, 7) is 2.17. The first-order valence-electron chi connectivity index (χ1n) is 3.63. The van der Waals surface area contributed by atoms with Gasteiger partial charge >= 0.3 is 0 Å². The van der Waals surface area contributed by atoms with Gasteiger partial charge in [0, 0.05) is 6.07 Å². The largest absolute Gasteiger partial charge is 0.449 e. The van der Waals surface area contributed by atoms with Crippen molar-refractivity contribution in [1.29, 1.82) is 0 Å². The number of aryl methyl sites for hydroxylation is 1. The van der Waals surface area contributed by atoms with Crippen LogP contribution in [-0.4, -0.2) is 0 Å². The highest BCUT2D eigenvalue weighted by Gasteiger charge is 2.22. The van der Waals surface area contributed by atoms with Crippen LogP contribution in [0.25, 0.3) is 0 Å². The number of hydrogen-bond acceptors (Lipinski definition) is 1. The lowest BCUT2D eigenvalue weighted by Gasteiger charge is -1.90. The van der Waals surface area contributed by atoms with Crippen molar-refractivity contribution in [2.75, 3.05) is 0 Å². The van der Waals surface area contributed by atoms with E-state index in [-0.39, 0.29) is 0 Å². The third-order valence-corrected chi connectivity index (χ3v) is 1.68. The summed E-state index contributed by atoms with van der Waals surface area (Å²) in [5.74, 6) is 2.02. The molecule has 0 spiro atoms. The summed E-state index contributed by atoms with van der Waals surface area (Å²) >= 11 is 0. The van der Waals surface area contributed by atoms with Crippen LogP contribution < -0.4 is 4.74 Å². The van der Waals surface area contributed by atoms with Crippen LogP contribution in [0.15, 0.2) is 12.1 Å². The van der Waals surface area contributed by atoms with Crippen LogP contribution in [0.4, 0.5) is 0 Å². The van der Waals surface area contributed by atoms with E-state index in [1.165, 1.54) is 12.0 Å². The summed E-state index contributed by atoms with van der Waals surface area (Å²) in [5.41, 5.74) is 1.33. The van der Waals surface area contributed by atoms with E-state index in [4.69, 9.17) is 4.74 Å². The molecule has 0 saturated carbocycles. The molecule has 1 radical (unpaired) electrons. The van der Waals surface area contributed by atoms with E-state index in [0.29, 0.717) is 0 Å². The average molecular weight is 133 g/mol. The minimum Gasteiger partial charge on any atom is -0.449 e. The number of hydrogen-bond donors (Lipinski definition) is 0. The molecule has 51 valence electrons. The van der Waals surface area contributed by atoms with Gasteiger partial charge in [-0.25, -0.2) is 0 Å². The molecule has 0 aliphatic carbocycles. The Morgan fingerprint density at radius 1 is 1.60 bits per heavy atom. The van der Waals surface area contributed by atoms with E-state index < -0.39 is 0 Å². The highest BCUT2D eigenvalue weighted by Crippen LogP contribution is 2.47. The van der Waals surface area contributed by atoms with E-state index >= 15 is 0 Å². The first-order chi connectivity index (χ1) is 4.92. The van der Waals surface area contributed by atoms with Gasteiger partial charge in [-0.2, -0.15) is 0 Å². The van der Waals surface area contributed by atoms with Crippen molar-refractivity contribution in [3.63, 3.8) is 0 Å². The van der Waals surface area contributed by atoms with Crippen LogP contribution in [0.2, 0.25) is 0 Å². The average Bonchev–Trinajstić information content (AvgIpc) is 2.67. The lowest BCUT2D eigenvalue weighted by molar-refractivity contribution is 0.641. The summed E-state index contributed by atoms with van der Waals surface area (Å²) in [7, 11) is 0. The molecule has 1 heterocycles. The molecule has 1 aliphatic heterocycles. The Balaban J connectivity index is 2.29. The second-order valence-corrected chi connectivity index (χ2v) is 2.51. The lowest BCUT2D eigenvalue weighted by atomic mass is 10.1. The van der Waals surface area contributed by atoms with Crippen molar-refractivity contribution in [3.8, 4) is 11.5 Å². The van der Waals surface area contributed by atoms with Gasteiger partial charge in [0.2, 0.25) is 0 Å². The number of ether oxygens (including phenoxy) is 1. The summed E-state index contributed by atoms with van der Waals surface area (Å²) < 4.78 is 5.17. The van der Waals surface area contributed by atoms with Gasteiger partial charge in [-0.3, -0.25) is 0 Å². The summed E-state index contributed by atoms with van der Waals surface area (Å²) in [6, 6.07) is 7.01. The first kappa shape index (κ1) is 5.78. The Morgan fingerprint density at radius 3 is 3.30 bits per heavy atom. The molecule has 2 rings (SSSR count). The van der Waals surface area contributed by atoms with Gasteiger partial charge in [0.15, 0.2) is 11.5 Å². The fourth-order valence-electron chi connectivity index (χ4n) is 1.14. The van der Waals surface area contributed by atoms with Crippen LogP contribution in [0.5, 0.6) is 11.5 Å². The topological polar surface area (TPSA) is 12.5 Å². The molecule has 1 nitrogen and oxygen atoms in total. The van der Waals surface area contributed by atoms with E-state index in [1.54, 1.807) is 0 Å². The van der Waals surface area contributed by atoms with Gasteiger partial charge in [0.05, 0.1) is 0 Å². The predicted octanol–water partition coefficient (Wildman–Crippen LogP) is 2.54. The highest BCUT2D eigenvalue weighted by molar-refractivity contribution is 5.58. The second-order valence-electron chi connectivity index (χ2n) is 2.51. The van der Waals surface area contributed by atoms with Gasteiger partial charge in [0.25, 0.3) is 0 Å². The van der Waals surface area contributed by atoms with Crippen LogP contribution in [-0.2, 0) is 6.42 Å². The molecule has 0 atom stereocenters. The molecular formula is C9H9O. The molecule has 1 aromatic carbocycles. The molecular weight excluding hydrogens is 124 g/mol. The zero-order chi connectivity index (χ0) is 6.97. The van der Waals surface area contributed by atoms with Crippen molar-refractivity contribution >= 4 is 0 Å². The minimum atomic E-state index is 0.950.